The highest BCUT2D eigenvalue weighted by molar-refractivity contribution is 7.21. The van der Waals surface area contributed by atoms with Gasteiger partial charge >= 0.3 is 5.69 Å². The van der Waals surface area contributed by atoms with E-state index < -0.39 is 17.5 Å². The van der Waals surface area contributed by atoms with Gasteiger partial charge in [0.15, 0.2) is 5.95 Å². The molecule has 3 aromatic heterocycles. The Morgan fingerprint density at radius 2 is 1.74 bits per heavy atom. The lowest BCUT2D eigenvalue weighted by Crippen LogP contribution is -2.39. The van der Waals surface area contributed by atoms with Crippen LogP contribution in [-0.4, -0.2) is 16.0 Å². The van der Waals surface area contributed by atoms with Crippen molar-refractivity contribution in [3.05, 3.63) is 107 Å². The number of rotatable bonds is 5. The first-order valence-corrected chi connectivity index (χ1v) is 12.5. The highest BCUT2D eigenvalue weighted by atomic mass is 32.1. The molecule has 3 aromatic carbocycles. The van der Waals surface area contributed by atoms with E-state index in [-0.39, 0.29) is 16.3 Å². The number of thiophene rings is 1. The number of carbonyl (C=O) groups is 1. The summed E-state index contributed by atoms with van der Waals surface area (Å²) in [5, 5.41) is 16.9. The molecule has 0 unspecified atom stereocenters. The number of fused-ring (bicyclic) bond motifs is 1. The average Bonchev–Trinajstić information content (AvgIpc) is 3.48. The smallest absolute Gasteiger partial charge is 0.312 e. The number of nitrogens with two attached hydrogens (primary N) is 1. The number of carbonyl (C=O) groups excluding carboxylic acids is 1. The maximum Gasteiger partial charge on any atom is 0.312 e. The monoisotopic (exact) mass is 522 g/mol. The van der Waals surface area contributed by atoms with Crippen molar-refractivity contribution in [1.29, 1.82) is 0 Å². The van der Waals surface area contributed by atoms with Crippen LogP contribution in [0.25, 0.3) is 38.3 Å². The summed E-state index contributed by atoms with van der Waals surface area (Å²) in [5.74, 6) is -1.92. The Hall–Kier alpha value is -4.89. The number of benzene rings is 3. The molecule has 3 heterocycles. The third kappa shape index (κ3) is 3.99. The first-order valence-electron chi connectivity index (χ1n) is 11.7. The molecule has 0 saturated heterocycles. The number of aryl methyl sites for hydroxylation is 1. The molecule has 186 valence electrons. The van der Waals surface area contributed by atoms with Gasteiger partial charge in [-0.25, -0.2) is 9.37 Å². The molecule has 6 rings (SSSR count). The Bertz CT molecular complexity index is 1830. The van der Waals surface area contributed by atoms with Crippen LogP contribution >= 0.6 is 11.3 Å². The maximum absolute atomic E-state index is 14.2. The van der Waals surface area contributed by atoms with Crippen LogP contribution < -0.4 is 15.5 Å². The molecular formula is C29H19FN4O3S. The van der Waals surface area contributed by atoms with Gasteiger partial charge in [0.05, 0.1) is 16.7 Å². The number of nitrogen functional groups attached to an aromatic ring is 1. The van der Waals surface area contributed by atoms with Crippen molar-refractivity contribution in [2.45, 2.75) is 6.92 Å². The second kappa shape index (κ2) is 9.20. The third-order valence-electron chi connectivity index (χ3n) is 6.21. The fraction of sp³-hybridized carbons (Fsp3) is 0.0345. The standard InChI is InChI=1S/C29H19FN4O3S/c1-16-10-12-20(13-11-16)34-25(29(36)37-33-34)26(35)27-24(31)23-21(18-8-5-9-19(30)14-18)15-22(32-28(23)38-27)17-6-3-2-4-7-17/h2-15H,1H3,(H2-,31,33,35,36). The van der Waals surface area contributed by atoms with Crippen LogP contribution in [-0.2, 0) is 0 Å². The van der Waals surface area contributed by atoms with E-state index in [0.717, 1.165) is 22.5 Å². The quantitative estimate of drug-likeness (QED) is 0.245. The largest absolute Gasteiger partial charge is 0.539 e. The Labute approximate surface area is 220 Å². The zero-order chi connectivity index (χ0) is 26.4. The van der Waals surface area contributed by atoms with Gasteiger partial charge in [-0.1, -0.05) is 60.2 Å². The average molecular weight is 523 g/mol. The summed E-state index contributed by atoms with van der Waals surface area (Å²) in [6.45, 7) is 1.92. The van der Waals surface area contributed by atoms with Crippen LogP contribution in [0.4, 0.5) is 10.1 Å². The number of hydrogen-bond donors (Lipinski definition) is 1. The lowest BCUT2D eigenvalue weighted by molar-refractivity contribution is -0.672. The minimum absolute atomic E-state index is 0.122. The third-order valence-corrected chi connectivity index (χ3v) is 7.31. The number of ketones is 1. The predicted octanol–water partition coefficient (Wildman–Crippen LogP) is 5.23. The molecule has 0 aliphatic carbocycles. The molecule has 7 nitrogen and oxygen atoms in total. The zero-order valence-corrected chi connectivity index (χ0v) is 20.8. The van der Waals surface area contributed by atoms with Crippen LogP contribution in [0.15, 0.2) is 89.5 Å². The van der Waals surface area contributed by atoms with Gasteiger partial charge in [-0.3, -0.25) is 4.79 Å². The van der Waals surface area contributed by atoms with Gasteiger partial charge in [0, 0.05) is 23.1 Å². The van der Waals surface area contributed by atoms with Crippen molar-refractivity contribution in [3.8, 4) is 34.0 Å². The number of hydrogen-bond acceptors (Lipinski definition) is 7. The Balaban J connectivity index is 1.57. The van der Waals surface area contributed by atoms with E-state index in [2.05, 4.69) is 5.27 Å². The van der Waals surface area contributed by atoms with Crippen LogP contribution in [0.5, 0.6) is 5.95 Å². The molecule has 0 spiro atoms. The second-order valence-electron chi connectivity index (χ2n) is 8.74. The van der Waals surface area contributed by atoms with Crippen molar-refractivity contribution in [3.63, 3.8) is 0 Å². The van der Waals surface area contributed by atoms with Crippen molar-refractivity contribution in [2.24, 2.45) is 0 Å². The van der Waals surface area contributed by atoms with E-state index in [1.807, 2.05) is 55.5 Å². The number of halogens is 1. The van der Waals surface area contributed by atoms with Gasteiger partial charge in [-0.2, -0.15) is 0 Å². The molecule has 0 radical (unpaired) electrons. The number of aromatic nitrogens is 3. The second-order valence-corrected chi connectivity index (χ2v) is 9.74. The molecule has 2 N–H and O–H groups in total. The van der Waals surface area contributed by atoms with Crippen molar-refractivity contribution in [2.75, 3.05) is 5.73 Å². The molecular weight excluding hydrogens is 503 g/mol. The fourth-order valence-electron chi connectivity index (χ4n) is 4.34. The summed E-state index contributed by atoms with van der Waals surface area (Å²) in [7, 11) is 0. The molecule has 0 bridgehead atoms. The molecule has 9 heteroatoms. The minimum atomic E-state index is -0.879. The summed E-state index contributed by atoms with van der Waals surface area (Å²) >= 11 is 1.07. The van der Waals surface area contributed by atoms with E-state index in [1.54, 1.807) is 24.3 Å². The minimum Gasteiger partial charge on any atom is -0.539 e. The van der Waals surface area contributed by atoms with E-state index >= 15 is 0 Å². The highest BCUT2D eigenvalue weighted by Gasteiger charge is 2.32. The van der Waals surface area contributed by atoms with Gasteiger partial charge in [0.1, 0.15) is 15.5 Å². The van der Waals surface area contributed by atoms with E-state index in [1.165, 1.54) is 16.8 Å². The lowest BCUT2D eigenvalue weighted by atomic mass is 9.99. The molecule has 0 amide bonds. The highest BCUT2D eigenvalue weighted by Crippen LogP contribution is 2.42. The summed E-state index contributed by atoms with van der Waals surface area (Å²) in [6.07, 6.45) is 0. The molecule has 0 atom stereocenters. The topological polar surface area (TPSA) is 109 Å². The van der Waals surface area contributed by atoms with E-state index in [9.17, 15) is 14.3 Å². The first kappa shape index (κ1) is 23.5. The Morgan fingerprint density at radius 3 is 2.47 bits per heavy atom. The SMILES string of the molecule is Cc1ccc(-[n+]2noc([O-])c2C(=O)c2sc3nc(-c4ccccc4)cc(-c4cccc(F)c4)c3c2N)cc1. The van der Waals surface area contributed by atoms with Crippen molar-refractivity contribution in [1.82, 2.24) is 10.3 Å². The number of pyridine rings is 1. The summed E-state index contributed by atoms with van der Waals surface area (Å²) in [5.41, 5.74) is 10.6. The Kier molecular flexibility index (Phi) is 5.69. The molecule has 6 aromatic rings. The van der Waals surface area contributed by atoms with Crippen molar-refractivity contribution < 1.29 is 23.5 Å². The maximum atomic E-state index is 14.2. The zero-order valence-electron chi connectivity index (χ0n) is 20.0. The van der Waals surface area contributed by atoms with Gasteiger partial charge in [0.2, 0.25) is 5.69 Å². The number of anilines is 1. The first-order chi connectivity index (χ1) is 18.4. The molecule has 38 heavy (non-hydrogen) atoms. The van der Waals surface area contributed by atoms with Gasteiger partial charge < -0.3 is 15.4 Å². The lowest BCUT2D eigenvalue weighted by Gasteiger charge is -2.09. The Morgan fingerprint density at radius 1 is 1.00 bits per heavy atom. The van der Waals surface area contributed by atoms with E-state index in [0.29, 0.717) is 32.7 Å². The molecule has 0 fully saturated rings. The van der Waals surface area contributed by atoms with Crippen LogP contribution in [0.2, 0.25) is 0 Å². The van der Waals surface area contributed by atoms with Crippen LogP contribution in [0.1, 0.15) is 20.9 Å². The van der Waals surface area contributed by atoms with Crippen molar-refractivity contribution >= 4 is 33.0 Å². The van der Waals surface area contributed by atoms with Gasteiger partial charge in [-0.15, -0.1) is 11.3 Å². The van der Waals surface area contributed by atoms with Gasteiger partial charge in [-0.05, 0) is 40.9 Å². The number of nitrogens with zero attached hydrogens (tertiary/aromatic N) is 3. The molecule has 0 saturated carbocycles. The fourth-order valence-corrected chi connectivity index (χ4v) is 5.40. The van der Waals surface area contributed by atoms with Crippen LogP contribution in [0, 0.1) is 12.7 Å². The summed E-state index contributed by atoms with van der Waals surface area (Å²) < 4.78 is 20.3. The molecule has 0 aliphatic rings. The van der Waals surface area contributed by atoms with E-state index in [4.69, 9.17) is 15.2 Å². The summed E-state index contributed by atoms with van der Waals surface area (Å²) in [4.78, 5) is 19.1. The normalized spacial score (nSPS) is 11.2. The van der Waals surface area contributed by atoms with Crippen LogP contribution in [0.3, 0.4) is 0 Å². The molecule has 0 aliphatic heterocycles. The summed E-state index contributed by atoms with van der Waals surface area (Å²) in [6, 6.07) is 24.6. The predicted molar refractivity (Wildman–Crippen MR) is 141 cm³/mol. The van der Waals surface area contributed by atoms with Gasteiger partial charge in [0.25, 0.3) is 5.78 Å².